The van der Waals surface area contributed by atoms with Crippen LogP contribution in [0.15, 0.2) is 22.6 Å². The van der Waals surface area contributed by atoms with Crippen molar-refractivity contribution in [3.8, 4) is 0 Å². The average Bonchev–Trinajstić information content (AvgIpc) is 2.25. The molecule has 76 valence electrons. The maximum Gasteiger partial charge on any atom is 0.190 e. The highest BCUT2D eigenvalue weighted by Crippen LogP contribution is 2.14. The van der Waals surface area contributed by atoms with Crippen LogP contribution in [0.1, 0.15) is 19.0 Å². The van der Waals surface area contributed by atoms with Crippen molar-refractivity contribution in [2.75, 3.05) is 5.75 Å². The van der Waals surface area contributed by atoms with Crippen LogP contribution in [0.25, 0.3) is 0 Å². The van der Waals surface area contributed by atoms with Crippen LogP contribution in [0.5, 0.6) is 0 Å². The fourth-order valence-electron chi connectivity index (χ4n) is 0.799. The number of hydrogen-bond acceptors (Lipinski definition) is 5. The zero-order valence-electron chi connectivity index (χ0n) is 7.84. The highest BCUT2D eigenvalue weighted by Gasteiger charge is 2.03. The molecule has 0 radical (unpaired) electrons. The van der Waals surface area contributed by atoms with Gasteiger partial charge < -0.3 is 10.9 Å². The van der Waals surface area contributed by atoms with Gasteiger partial charge in [0.2, 0.25) is 0 Å². The van der Waals surface area contributed by atoms with E-state index in [1.54, 1.807) is 18.0 Å². The normalized spacial score (nSPS) is 11.6. The summed E-state index contributed by atoms with van der Waals surface area (Å²) >= 11 is 1.60. The van der Waals surface area contributed by atoms with Gasteiger partial charge in [-0.15, -0.1) is 11.8 Å². The first kappa shape index (κ1) is 10.8. The monoisotopic (exact) mass is 212 g/mol. The van der Waals surface area contributed by atoms with Crippen LogP contribution >= 0.6 is 11.8 Å². The Bertz CT molecular complexity index is 329. The van der Waals surface area contributed by atoms with Crippen molar-refractivity contribution in [3.63, 3.8) is 0 Å². The van der Waals surface area contributed by atoms with Crippen molar-refractivity contribution >= 4 is 17.6 Å². The molecule has 0 fully saturated rings. The molecular formula is C8H12N4OS. The minimum absolute atomic E-state index is 0.0172. The lowest BCUT2D eigenvalue weighted by Gasteiger charge is -2.00. The van der Waals surface area contributed by atoms with Gasteiger partial charge in [0.15, 0.2) is 5.84 Å². The number of oxime groups is 1. The Hall–Kier alpha value is -1.30. The molecule has 14 heavy (non-hydrogen) atoms. The van der Waals surface area contributed by atoms with E-state index < -0.39 is 0 Å². The van der Waals surface area contributed by atoms with Gasteiger partial charge in [0.05, 0.1) is 12.4 Å². The highest BCUT2D eigenvalue weighted by atomic mass is 32.2. The Balaban J connectivity index is 2.79. The predicted octanol–water partition coefficient (Wildman–Crippen LogP) is 1.07. The Morgan fingerprint density at radius 2 is 2.43 bits per heavy atom. The Morgan fingerprint density at radius 3 is 3.07 bits per heavy atom. The number of hydrogen-bond donors (Lipinski definition) is 2. The lowest BCUT2D eigenvalue weighted by atomic mass is 10.4. The lowest BCUT2D eigenvalue weighted by Crippen LogP contribution is -2.15. The molecule has 1 heterocycles. The summed E-state index contributed by atoms with van der Waals surface area (Å²) in [4.78, 5) is 8.12. The topological polar surface area (TPSA) is 84.4 Å². The number of aromatic nitrogens is 2. The van der Waals surface area contributed by atoms with Gasteiger partial charge in [-0.1, -0.05) is 12.1 Å². The van der Waals surface area contributed by atoms with E-state index in [1.165, 1.54) is 6.20 Å². The van der Waals surface area contributed by atoms with Crippen LogP contribution < -0.4 is 5.73 Å². The highest BCUT2D eigenvalue weighted by molar-refractivity contribution is 7.99. The lowest BCUT2D eigenvalue weighted by molar-refractivity contribution is 0.318. The van der Waals surface area contributed by atoms with Crippen molar-refractivity contribution in [2.24, 2.45) is 10.9 Å². The summed E-state index contributed by atoms with van der Waals surface area (Å²) in [6, 6.07) is 0. The van der Waals surface area contributed by atoms with Crippen molar-refractivity contribution in [2.45, 2.75) is 18.4 Å². The first-order valence-corrected chi connectivity index (χ1v) is 5.19. The molecule has 0 saturated heterocycles. The second-order valence-corrected chi connectivity index (χ2v) is 3.69. The summed E-state index contributed by atoms with van der Waals surface area (Å²) in [7, 11) is 0. The fourth-order valence-corrected chi connectivity index (χ4v) is 1.51. The van der Waals surface area contributed by atoms with Crippen LogP contribution in [0, 0.1) is 0 Å². The minimum Gasteiger partial charge on any atom is -0.409 e. The number of thioether (sulfide) groups is 1. The third-order valence-electron chi connectivity index (χ3n) is 1.44. The molecule has 0 aliphatic heterocycles. The van der Waals surface area contributed by atoms with Crippen molar-refractivity contribution in [1.29, 1.82) is 0 Å². The van der Waals surface area contributed by atoms with Crippen molar-refractivity contribution in [3.05, 3.63) is 18.1 Å². The van der Waals surface area contributed by atoms with Crippen molar-refractivity contribution < 1.29 is 5.21 Å². The van der Waals surface area contributed by atoms with E-state index in [9.17, 15) is 0 Å². The molecule has 0 saturated carbocycles. The maximum absolute atomic E-state index is 8.44. The van der Waals surface area contributed by atoms with Crippen LogP contribution in [0.3, 0.4) is 0 Å². The van der Waals surface area contributed by atoms with Gasteiger partial charge in [-0.25, -0.2) is 4.98 Å². The zero-order valence-corrected chi connectivity index (χ0v) is 8.66. The molecule has 5 nitrogen and oxygen atoms in total. The molecule has 1 rings (SSSR count). The standard InChI is InChI=1S/C8H12N4OS/c1-2-3-14-7-5-10-4-6(11-7)8(9)12-13/h4-5,13H,2-3H2,1H3,(H2,9,12). The molecule has 0 spiro atoms. The van der Waals surface area contributed by atoms with Crippen molar-refractivity contribution in [1.82, 2.24) is 9.97 Å². The van der Waals surface area contributed by atoms with Gasteiger partial charge in [0, 0.05) is 0 Å². The van der Waals surface area contributed by atoms with E-state index in [-0.39, 0.29) is 5.84 Å². The Morgan fingerprint density at radius 1 is 1.64 bits per heavy atom. The summed E-state index contributed by atoms with van der Waals surface area (Å²) in [6.07, 6.45) is 4.19. The number of amidine groups is 1. The first-order valence-electron chi connectivity index (χ1n) is 4.20. The van der Waals surface area contributed by atoms with Crippen LogP contribution in [0.4, 0.5) is 0 Å². The molecule has 0 aliphatic carbocycles. The van der Waals surface area contributed by atoms with Gasteiger partial charge in [-0.05, 0) is 12.2 Å². The van der Waals surface area contributed by atoms with Gasteiger partial charge in [0.1, 0.15) is 10.7 Å². The van der Waals surface area contributed by atoms with Gasteiger partial charge >= 0.3 is 0 Å². The van der Waals surface area contributed by atoms with E-state index in [0.29, 0.717) is 5.69 Å². The third kappa shape index (κ3) is 2.88. The Labute approximate surface area is 86.4 Å². The summed E-state index contributed by atoms with van der Waals surface area (Å²) in [5, 5.41) is 12.1. The minimum atomic E-state index is -0.0172. The quantitative estimate of drug-likeness (QED) is 0.256. The molecule has 6 heteroatoms. The molecule has 1 aromatic rings. The maximum atomic E-state index is 8.44. The SMILES string of the molecule is CCCSc1cncc(/C(N)=N/O)n1. The van der Waals surface area contributed by atoms with Crippen LogP contribution in [-0.4, -0.2) is 26.8 Å². The van der Waals surface area contributed by atoms with Crippen LogP contribution in [0.2, 0.25) is 0 Å². The molecule has 0 aliphatic rings. The molecule has 0 atom stereocenters. The average molecular weight is 212 g/mol. The third-order valence-corrected chi connectivity index (χ3v) is 2.54. The zero-order chi connectivity index (χ0) is 10.4. The molecule has 1 aromatic heterocycles. The van der Waals surface area contributed by atoms with Gasteiger partial charge in [-0.3, -0.25) is 4.98 Å². The summed E-state index contributed by atoms with van der Waals surface area (Å²) in [6.45, 7) is 2.09. The fraction of sp³-hybridized carbons (Fsp3) is 0.375. The first-order chi connectivity index (χ1) is 6.77. The number of rotatable bonds is 4. The smallest absolute Gasteiger partial charge is 0.190 e. The van der Waals surface area contributed by atoms with E-state index in [4.69, 9.17) is 10.9 Å². The Kier molecular flexibility index (Phi) is 4.18. The summed E-state index contributed by atoms with van der Waals surface area (Å²) in [5.41, 5.74) is 5.78. The largest absolute Gasteiger partial charge is 0.409 e. The van der Waals surface area contributed by atoms with Gasteiger partial charge in [-0.2, -0.15) is 0 Å². The number of nitrogens with two attached hydrogens (primary N) is 1. The van der Waals surface area contributed by atoms with Gasteiger partial charge in [0.25, 0.3) is 0 Å². The predicted molar refractivity (Wildman–Crippen MR) is 55.6 cm³/mol. The molecule has 0 aromatic carbocycles. The van der Waals surface area contributed by atoms with E-state index in [2.05, 4.69) is 22.0 Å². The van der Waals surface area contributed by atoms with Crippen LogP contribution in [-0.2, 0) is 0 Å². The van der Waals surface area contributed by atoms with E-state index >= 15 is 0 Å². The molecule has 0 unspecified atom stereocenters. The van der Waals surface area contributed by atoms with E-state index in [0.717, 1.165) is 17.2 Å². The summed E-state index contributed by atoms with van der Waals surface area (Å²) in [5.74, 6) is 0.963. The second-order valence-electron chi connectivity index (χ2n) is 2.58. The molecule has 0 amide bonds. The summed E-state index contributed by atoms with van der Waals surface area (Å²) < 4.78 is 0. The molecule has 0 bridgehead atoms. The second kappa shape index (κ2) is 5.43. The molecule has 3 N–H and O–H groups in total. The number of nitrogens with zero attached hydrogens (tertiary/aromatic N) is 3. The molecular weight excluding hydrogens is 200 g/mol. The van der Waals surface area contributed by atoms with E-state index in [1.807, 2.05) is 0 Å².